The molecule has 4 nitrogen and oxygen atoms in total. The number of morpholine rings is 1. The van der Waals surface area contributed by atoms with Crippen LogP contribution in [0, 0.1) is 0 Å². The van der Waals surface area contributed by atoms with Gasteiger partial charge in [-0.15, -0.1) is 0 Å². The first kappa shape index (κ1) is 15.0. The maximum atomic E-state index is 12.4. The minimum atomic E-state index is -3.22. The predicted molar refractivity (Wildman–Crippen MR) is 79.0 cm³/mol. The van der Waals surface area contributed by atoms with E-state index >= 15 is 0 Å². The van der Waals surface area contributed by atoms with Crippen LogP contribution in [-0.2, 0) is 21.2 Å². The summed E-state index contributed by atoms with van der Waals surface area (Å²) in [7, 11) is -3.22. The van der Waals surface area contributed by atoms with Gasteiger partial charge in [-0.25, -0.2) is 8.42 Å². The minimum Gasteiger partial charge on any atom is -0.378 e. The second-order valence-corrected chi connectivity index (χ2v) is 7.23. The Morgan fingerprint density at radius 3 is 2.74 bits per heavy atom. The minimum absolute atomic E-state index is 0.0884. The summed E-state index contributed by atoms with van der Waals surface area (Å²) in [5.74, 6) is 0.153. The van der Waals surface area contributed by atoms with Crippen molar-refractivity contribution in [1.29, 1.82) is 0 Å². The van der Waals surface area contributed by atoms with Gasteiger partial charge in [0.05, 0.1) is 25.0 Å². The third-order valence-electron chi connectivity index (χ3n) is 3.20. The molecule has 1 unspecified atom stereocenters. The number of benzene rings is 1. The van der Waals surface area contributed by atoms with Crippen molar-refractivity contribution in [2.75, 3.05) is 30.8 Å². The number of sulfonamides is 1. The molecule has 0 radical (unpaired) electrons. The lowest BCUT2D eigenvalue weighted by Gasteiger charge is -2.33. The summed E-state index contributed by atoms with van der Waals surface area (Å²) in [6, 6.07) is 9.61. The zero-order valence-corrected chi connectivity index (χ0v) is 13.1. The second-order valence-electron chi connectivity index (χ2n) is 4.55. The van der Waals surface area contributed by atoms with Gasteiger partial charge in [-0.3, -0.25) is 0 Å². The topological polar surface area (TPSA) is 46.6 Å². The van der Waals surface area contributed by atoms with E-state index in [1.54, 1.807) is 4.31 Å². The van der Waals surface area contributed by atoms with Crippen LogP contribution >= 0.6 is 15.9 Å². The molecule has 1 fully saturated rings. The molecular formula is C13H18BrNO3S. The first-order valence-corrected chi connectivity index (χ1v) is 9.03. The van der Waals surface area contributed by atoms with Crippen LogP contribution in [0.1, 0.15) is 5.56 Å². The second kappa shape index (κ2) is 6.83. The average Bonchev–Trinajstić information content (AvgIpc) is 2.46. The predicted octanol–water partition coefficient (Wildman–Crippen LogP) is 1.65. The van der Waals surface area contributed by atoms with Crippen molar-refractivity contribution in [2.24, 2.45) is 0 Å². The van der Waals surface area contributed by atoms with E-state index in [2.05, 4.69) is 15.9 Å². The molecule has 0 aromatic heterocycles. The van der Waals surface area contributed by atoms with Crippen LogP contribution in [0.15, 0.2) is 30.3 Å². The summed E-state index contributed by atoms with van der Waals surface area (Å²) in [5, 5.41) is 0.609. The van der Waals surface area contributed by atoms with E-state index in [0.717, 1.165) is 5.56 Å². The van der Waals surface area contributed by atoms with Crippen LogP contribution < -0.4 is 0 Å². The lowest BCUT2D eigenvalue weighted by Crippen LogP contribution is -2.50. The summed E-state index contributed by atoms with van der Waals surface area (Å²) in [4.78, 5) is 0. The Kier molecular flexibility index (Phi) is 5.38. The highest BCUT2D eigenvalue weighted by atomic mass is 79.9. The third-order valence-corrected chi connectivity index (χ3v) is 5.86. The molecule has 2 rings (SSSR count). The average molecular weight is 348 g/mol. The number of alkyl halides is 1. The zero-order valence-electron chi connectivity index (χ0n) is 10.7. The summed E-state index contributed by atoms with van der Waals surface area (Å²) in [6.45, 7) is 1.40. The van der Waals surface area contributed by atoms with Gasteiger partial charge in [-0.05, 0) is 12.0 Å². The Hall–Kier alpha value is -0.430. The molecule has 1 aromatic rings. The highest BCUT2D eigenvalue weighted by Gasteiger charge is 2.31. The van der Waals surface area contributed by atoms with Crippen molar-refractivity contribution in [3.05, 3.63) is 35.9 Å². The first-order chi connectivity index (χ1) is 9.13. The van der Waals surface area contributed by atoms with E-state index in [0.29, 0.717) is 31.5 Å². The van der Waals surface area contributed by atoms with Gasteiger partial charge < -0.3 is 4.74 Å². The van der Waals surface area contributed by atoms with Gasteiger partial charge in [-0.1, -0.05) is 46.3 Å². The maximum absolute atomic E-state index is 12.4. The number of halogens is 1. The zero-order chi connectivity index (χ0) is 13.7. The van der Waals surface area contributed by atoms with Crippen molar-refractivity contribution in [3.63, 3.8) is 0 Å². The van der Waals surface area contributed by atoms with E-state index in [1.807, 2.05) is 30.3 Å². The monoisotopic (exact) mass is 347 g/mol. The molecule has 19 heavy (non-hydrogen) atoms. The molecule has 0 amide bonds. The van der Waals surface area contributed by atoms with Crippen molar-refractivity contribution in [1.82, 2.24) is 4.31 Å². The number of aryl methyl sites for hydroxylation is 1. The van der Waals surface area contributed by atoms with E-state index in [1.165, 1.54) is 0 Å². The standard InChI is InChI=1S/C13H18BrNO3S/c14-10-13-11-18-8-7-15(13)19(16,17)9-6-12-4-2-1-3-5-12/h1-5,13H,6-11H2. The van der Waals surface area contributed by atoms with E-state index < -0.39 is 10.0 Å². The Labute approximate surface area is 122 Å². The number of rotatable bonds is 5. The molecule has 0 aliphatic carbocycles. The van der Waals surface area contributed by atoms with Gasteiger partial charge in [0.15, 0.2) is 0 Å². The molecule has 106 valence electrons. The highest BCUT2D eigenvalue weighted by molar-refractivity contribution is 9.09. The Morgan fingerprint density at radius 2 is 2.05 bits per heavy atom. The van der Waals surface area contributed by atoms with E-state index in [-0.39, 0.29) is 11.8 Å². The van der Waals surface area contributed by atoms with Gasteiger partial charge in [0.1, 0.15) is 0 Å². The Bertz CT molecular complexity index is 492. The third kappa shape index (κ3) is 4.02. The van der Waals surface area contributed by atoms with Gasteiger partial charge in [0.2, 0.25) is 10.0 Å². The molecule has 1 aliphatic rings. The SMILES string of the molecule is O=S(=O)(CCc1ccccc1)N1CCOCC1CBr. The normalized spacial score (nSPS) is 21.4. The van der Waals surface area contributed by atoms with Crippen molar-refractivity contribution >= 4 is 26.0 Å². The number of ether oxygens (including phenoxy) is 1. The summed E-state index contributed by atoms with van der Waals surface area (Å²) < 4.78 is 31.7. The number of hydrogen-bond acceptors (Lipinski definition) is 3. The molecule has 0 saturated carbocycles. The Morgan fingerprint density at radius 1 is 1.32 bits per heavy atom. The maximum Gasteiger partial charge on any atom is 0.214 e. The lowest BCUT2D eigenvalue weighted by atomic mass is 10.2. The molecule has 0 N–H and O–H groups in total. The largest absolute Gasteiger partial charge is 0.378 e. The molecule has 6 heteroatoms. The first-order valence-electron chi connectivity index (χ1n) is 6.30. The quantitative estimate of drug-likeness (QED) is 0.761. The smallest absolute Gasteiger partial charge is 0.214 e. The Balaban J connectivity index is 2.01. The summed E-state index contributed by atoms with van der Waals surface area (Å²) in [6.07, 6.45) is 0.551. The molecule has 1 aliphatic heterocycles. The van der Waals surface area contributed by atoms with Crippen LogP contribution in [0.3, 0.4) is 0 Å². The lowest BCUT2D eigenvalue weighted by molar-refractivity contribution is 0.0413. The number of nitrogens with zero attached hydrogens (tertiary/aromatic N) is 1. The fourth-order valence-corrected chi connectivity index (χ4v) is 4.53. The molecule has 1 aromatic carbocycles. The fourth-order valence-electron chi connectivity index (χ4n) is 2.14. The van der Waals surface area contributed by atoms with E-state index in [4.69, 9.17) is 4.74 Å². The molecule has 1 saturated heterocycles. The van der Waals surface area contributed by atoms with E-state index in [9.17, 15) is 8.42 Å². The molecule has 1 atom stereocenters. The molecule has 1 heterocycles. The van der Waals surface area contributed by atoms with Crippen LogP contribution in [0.4, 0.5) is 0 Å². The molecular weight excluding hydrogens is 330 g/mol. The van der Waals surface area contributed by atoms with Crippen LogP contribution in [0.5, 0.6) is 0 Å². The van der Waals surface area contributed by atoms with Crippen molar-refractivity contribution in [3.8, 4) is 0 Å². The fraction of sp³-hybridized carbons (Fsp3) is 0.538. The van der Waals surface area contributed by atoms with Crippen LogP contribution in [0.2, 0.25) is 0 Å². The van der Waals surface area contributed by atoms with Crippen molar-refractivity contribution < 1.29 is 13.2 Å². The van der Waals surface area contributed by atoms with Gasteiger partial charge in [-0.2, -0.15) is 4.31 Å². The van der Waals surface area contributed by atoms with Crippen LogP contribution in [-0.4, -0.2) is 49.6 Å². The summed E-state index contributed by atoms with van der Waals surface area (Å²) >= 11 is 3.35. The van der Waals surface area contributed by atoms with Gasteiger partial charge in [0.25, 0.3) is 0 Å². The summed E-state index contributed by atoms with van der Waals surface area (Å²) in [5.41, 5.74) is 1.05. The number of hydrogen-bond donors (Lipinski definition) is 0. The van der Waals surface area contributed by atoms with Gasteiger partial charge in [0, 0.05) is 11.9 Å². The van der Waals surface area contributed by atoms with Gasteiger partial charge >= 0.3 is 0 Å². The highest BCUT2D eigenvalue weighted by Crippen LogP contribution is 2.16. The molecule has 0 spiro atoms. The van der Waals surface area contributed by atoms with Crippen LogP contribution in [0.25, 0.3) is 0 Å². The molecule has 0 bridgehead atoms. The van der Waals surface area contributed by atoms with Crippen molar-refractivity contribution in [2.45, 2.75) is 12.5 Å².